The van der Waals surface area contributed by atoms with Crippen LogP contribution in [-0.4, -0.2) is 54.4 Å². The van der Waals surface area contributed by atoms with Crippen molar-refractivity contribution in [2.24, 2.45) is 0 Å². The lowest BCUT2D eigenvalue weighted by Gasteiger charge is -2.39. The maximum Gasteiger partial charge on any atom is 0.251 e. The fraction of sp³-hybridized carbons (Fsp3) is 0.400. The predicted molar refractivity (Wildman–Crippen MR) is 99.5 cm³/mol. The quantitative estimate of drug-likeness (QED) is 0.929. The number of aromatic nitrogens is 1. The third kappa shape index (κ3) is 4.24. The summed E-state index contributed by atoms with van der Waals surface area (Å²) in [5.74, 6) is -0.0390. The van der Waals surface area contributed by atoms with Crippen LogP contribution in [0.15, 0.2) is 42.6 Å². The van der Waals surface area contributed by atoms with Gasteiger partial charge in [-0.2, -0.15) is 0 Å². The standard InChI is InChI=1S/C20H26N4O/c1-15-7-8-16(12-22-15)13-24-10-9-23(3)19(14-24)17-5-4-6-18(11-17)20(25)21-2/h4-8,11-12,19H,9-10,13-14H2,1-3H3,(H,21,25)/t19-/m0/s1. The van der Waals surface area contributed by atoms with Crippen LogP contribution in [0.2, 0.25) is 0 Å². The van der Waals surface area contributed by atoms with E-state index in [0.717, 1.165) is 31.9 Å². The van der Waals surface area contributed by atoms with E-state index in [1.165, 1.54) is 11.1 Å². The molecule has 5 nitrogen and oxygen atoms in total. The number of hydrogen-bond acceptors (Lipinski definition) is 4. The van der Waals surface area contributed by atoms with Crippen LogP contribution in [0.4, 0.5) is 0 Å². The first-order valence-corrected chi connectivity index (χ1v) is 8.73. The van der Waals surface area contributed by atoms with Gasteiger partial charge in [0, 0.05) is 56.7 Å². The predicted octanol–water partition coefficient (Wildman–Crippen LogP) is 2.24. The Balaban J connectivity index is 1.74. The summed E-state index contributed by atoms with van der Waals surface area (Å²) in [5.41, 5.74) is 4.20. The summed E-state index contributed by atoms with van der Waals surface area (Å²) in [5, 5.41) is 2.70. The second-order valence-corrected chi connectivity index (χ2v) is 6.74. The molecule has 0 unspecified atom stereocenters. The van der Waals surface area contributed by atoms with Crippen molar-refractivity contribution in [2.45, 2.75) is 19.5 Å². The van der Waals surface area contributed by atoms with Crippen LogP contribution in [0, 0.1) is 6.92 Å². The third-order valence-corrected chi connectivity index (χ3v) is 4.87. The lowest BCUT2D eigenvalue weighted by molar-refractivity contribution is 0.0900. The summed E-state index contributed by atoms with van der Waals surface area (Å²) in [6.07, 6.45) is 1.97. The van der Waals surface area contributed by atoms with Crippen LogP contribution in [0.3, 0.4) is 0 Å². The number of piperazine rings is 1. The van der Waals surface area contributed by atoms with Crippen molar-refractivity contribution in [3.8, 4) is 0 Å². The van der Waals surface area contributed by atoms with Crippen molar-refractivity contribution < 1.29 is 4.79 Å². The van der Waals surface area contributed by atoms with Gasteiger partial charge in [-0.15, -0.1) is 0 Å². The zero-order chi connectivity index (χ0) is 17.8. The average Bonchev–Trinajstić information content (AvgIpc) is 2.64. The highest BCUT2D eigenvalue weighted by Crippen LogP contribution is 2.25. The maximum absolute atomic E-state index is 11.9. The number of nitrogens with zero attached hydrogens (tertiary/aromatic N) is 3. The second-order valence-electron chi connectivity index (χ2n) is 6.74. The number of hydrogen-bond donors (Lipinski definition) is 1. The molecule has 0 aliphatic carbocycles. The number of likely N-dealkylation sites (N-methyl/N-ethyl adjacent to an activating group) is 1. The van der Waals surface area contributed by atoms with E-state index in [0.29, 0.717) is 5.56 Å². The molecule has 1 N–H and O–H groups in total. The fourth-order valence-electron chi connectivity index (χ4n) is 3.32. The number of benzene rings is 1. The minimum absolute atomic E-state index is 0.0390. The van der Waals surface area contributed by atoms with E-state index in [2.05, 4.69) is 45.3 Å². The molecule has 1 fully saturated rings. The summed E-state index contributed by atoms with van der Waals surface area (Å²) < 4.78 is 0. The van der Waals surface area contributed by atoms with E-state index < -0.39 is 0 Å². The Hall–Kier alpha value is -2.24. The molecule has 25 heavy (non-hydrogen) atoms. The van der Waals surface area contributed by atoms with Gasteiger partial charge in [-0.1, -0.05) is 18.2 Å². The molecular formula is C20H26N4O. The van der Waals surface area contributed by atoms with Crippen molar-refractivity contribution in [1.82, 2.24) is 20.1 Å². The molecule has 0 saturated carbocycles. The molecular weight excluding hydrogens is 312 g/mol. The Bertz CT molecular complexity index is 729. The molecule has 1 aliphatic heterocycles. The van der Waals surface area contributed by atoms with Gasteiger partial charge in [0.15, 0.2) is 0 Å². The summed E-state index contributed by atoms with van der Waals surface area (Å²) >= 11 is 0. The number of carbonyl (C=O) groups is 1. The first kappa shape index (κ1) is 17.6. The number of amides is 1. The van der Waals surface area contributed by atoms with Crippen LogP contribution in [0.5, 0.6) is 0 Å². The monoisotopic (exact) mass is 338 g/mol. The Morgan fingerprint density at radius 2 is 2.12 bits per heavy atom. The molecule has 3 rings (SSSR count). The summed E-state index contributed by atoms with van der Waals surface area (Å²) in [6.45, 7) is 5.91. The highest BCUT2D eigenvalue weighted by Gasteiger charge is 2.26. The first-order chi connectivity index (χ1) is 12.1. The Morgan fingerprint density at radius 3 is 2.84 bits per heavy atom. The largest absolute Gasteiger partial charge is 0.355 e. The average molecular weight is 338 g/mol. The molecule has 2 heterocycles. The Kier molecular flexibility index (Phi) is 5.46. The van der Waals surface area contributed by atoms with E-state index in [9.17, 15) is 4.79 Å². The van der Waals surface area contributed by atoms with Gasteiger partial charge in [0.05, 0.1) is 0 Å². The zero-order valence-corrected chi connectivity index (χ0v) is 15.2. The molecule has 1 atom stereocenters. The van der Waals surface area contributed by atoms with E-state index in [1.54, 1.807) is 7.05 Å². The van der Waals surface area contributed by atoms with Gasteiger partial charge in [0.2, 0.25) is 0 Å². The third-order valence-electron chi connectivity index (χ3n) is 4.87. The lowest BCUT2D eigenvalue weighted by Crippen LogP contribution is -2.46. The van der Waals surface area contributed by atoms with E-state index in [1.807, 2.05) is 31.3 Å². The maximum atomic E-state index is 11.9. The molecule has 1 aliphatic rings. The van der Waals surface area contributed by atoms with E-state index in [-0.39, 0.29) is 11.9 Å². The minimum atomic E-state index is -0.0390. The smallest absolute Gasteiger partial charge is 0.251 e. The van der Waals surface area contributed by atoms with Crippen LogP contribution < -0.4 is 5.32 Å². The Morgan fingerprint density at radius 1 is 1.28 bits per heavy atom. The van der Waals surface area contributed by atoms with Crippen LogP contribution in [0.1, 0.15) is 33.2 Å². The van der Waals surface area contributed by atoms with Gasteiger partial charge in [-0.05, 0) is 43.3 Å². The van der Waals surface area contributed by atoms with Crippen LogP contribution >= 0.6 is 0 Å². The van der Waals surface area contributed by atoms with Gasteiger partial charge in [0.1, 0.15) is 0 Å². The number of rotatable bonds is 4. The highest BCUT2D eigenvalue weighted by atomic mass is 16.1. The molecule has 1 saturated heterocycles. The van der Waals surface area contributed by atoms with Crippen molar-refractivity contribution in [2.75, 3.05) is 33.7 Å². The topological polar surface area (TPSA) is 48.5 Å². The van der Waals surface area contributed by atoms with Crippen molar-refractivity contribution in [3.05, 3.63) is 65.0 Å². The van der Waals surface area contributed by atoms with Gasteiger partial charge < -0.3 is 5.32 Å². The van der Waals surface area contributed by atoms with E-state index in [4.69, 9.17) is 0 Å². The van der Waals surface area contributed by atoms with Crippen molar-refractivity contribution >= 4 is 5.91 Å². The van der Waals surface area contributed by atoms with E-state index >= 15 is 0 Å². The summed E-state index contributed by atoms with van der Waals surface area (Å²) in [7, 11) is 3.82. The molecule has 2 aromatic rings. The number of pyridine rings is 1. The second kappa shape index (κ2) is 7.76. The van der Waals surface area contributed by atoms with Gasteiger partial charge in [-0.25, -0.2) is 0 Å². The van der Waals surface area contributed by atoms with Gasteiger partial charge in [-0.3, -0.25) is 19.6 Å². The molecule has 1 amide bonds. The van der Waals surface area contributed by atoms with Crippen molar-refractivity contribution in [3.63, 3.8) is 0 Å². The molecule has 1 aromatic carbocycles. The summed E-state index contributed by atoms with van der Waals surface area (Å²) in [4.78, 5) is 21.1. The Labute approximate surface area is 149 Å². The lowest BCUT2D eigenvalue weighted by atomic mass is 10.00. The SMILES string of the molecule is CNC(=O)c1cccc([C@@H]2CN(Cc3ccc(C)nc3)CCN2C)c1. The van der Waals surface area contributed by atoms with Crippen LogP contribution in [0.25, 0.3) is 0 Å². The normalized spacial score (nSPS) is 18.9. The molecule has 0 radical (unpaired) electrons. The number of carbonyl (C=O) groups excluding carboxylic acids is 1. The fourth-order valence-corrected chi connectivity index (χ4v) is 3.32. The molecule has 5 heteroatoms. The zero-order valence-electron chi connectivity index (χ0n) is 15.2. The number of nitrogens with one attached hydrogen (secondary N) is 1. The number of aryl methyl sites for hydroxylation is 1. The van der Waals surface area contributed by atoms with Crippen molar-refractivity contribution in [1.29, 1.82) is 0 Å². The van der Waals surface area contributed by atoms with Crippen LogP contribution in [-0.2, 0) is 6.54 Å². The molecule has 132 valence electrons. The highest BCUT2D eigenvalue weighted by molar-refractivity contribution is 5.94. The molecule has 0 spiro atoms. The molecule has 0 bridgehead atoms. The first-order valence-electron chi connectivity index (χ1n) is 8.73. The minimum Gasteiger partial charge on any atom is -0.355 e. The van der Waals surface area contributed by atoms with Gasteiger partial charge >= 0.3 is 0 Å². The van der Waals surface area contributed by atoms with Gasteiger partial charge in [0.25, 0.3) is 5.91 Å². The summed E-state index contributed by atoms with van der Waals surface area (Å²) in [6, 6.07) is 12.5. The molecule has 1 aromatic heterocycles.